The summed E-state index contributed by atoms with van der Waals surface area (Å²) in [6, 6.07) is 15.8. The number of halogens is 2. The maximum atomic E-state index is 13.8. The third kappa shape index (κ3) is 5.33. The van der Waals surface area contributed by atoms with E-state index < -0.39 is 10.0 Å². The molecule has 2 aromatic carbocycles. The number of anilines is 1. The number of benzene rings is 2. The highest BCUT2D eigenvalue weighted by Gasteiger charge is 2.35. The minimum Gasteiger partial charge on any atom is -0.283 e. The Bertz CT molecular complexity index is 1490. The Kier molecular flexibility index (Phi) is 7.41. The summed E-state index contributed by atoms with van der Waals surface area (Å²) in [5.74, 6) is -0.363. The number of pyridine rings is 1. The van der Waals surface area contributed by atoms with Crippen LogP contribution in [0.4, 0.5) is 5.13 Å². The minimum absolute atomic E-state index is 0.0551. The molecule has 1 fully saturated rings. The first-order chi connectivity index (χ1) is 17.3. The molecule has 0 saturated carbocycles. The van der Waals surface area contributed by atoms with E-state index >= 15 is 0 Å². The molecule has 4 aromatic rings. The lowest BCUT2D eigenvalue weighted by molar-refractivity contribution is -0.123. The molecular weight excluding hydrogens is 584 g/mol. The van der Waals surface area contributed by atoms with Gasteiger partial charge in [0.1, 0.15) is 0 Å². The number of aromatic nitrogens is 2. The third-order valence-corrected chi connectivity index (χ3v) is 9.85. The van der Waals surface area contributed by atoms with Crippen LogP contribution in [0.5, 0.6) is 0 Å². The summed E-state index contributed by atoms with van der Waals surface area (Å²) in [5, 5.41) is 1.10. The van der Waals surface area contributed by atoms with Gasteiger partial charge < -0.3 is 0 Å². The first-order valence-electron chi connectivity index (χ1n) is 11.3. The fourth-order valence-electron chi connectivity index (χ4n) is 4.23. The van der Waals surface area contributed by atoms with Crippen molar-refractivity contribution in [3.63, 3.8) is 0 Å². The molecule has 0 unspecified atom stereocenters. The van der Waals surface area contributed by atoms with Crippen molar-refractivity contribution in [1.82, 2.24) is 14.3 Å². The quantitative estimate of drug-likeness (QED) is 0.280. The van der Waals surface area contributed by atoms with Gasteiger partial charge in [-0.15, -0.1) is 0 Å². The Morgan fingerprint density at radius 3 is 2.58 bits per heavy atom. The molecule has 0 spiro atoms. The molecule has 1 saturated heterocycles. The number of hydrogen-bond acceptors (Lipinski definition) is 6. The summed E-state index contributed by atoms with van der Waals surface area (Å²) in [6.07, 6.45) is 4.31. The molecule has 0 N–H and O–H groups in total. The van der Waals surface area contributed by atoms with Gasteiger partial charge in [0.2, 0.25) is 15.9 Å². The van der Waals surface area contributed by atoms with E-state index in [9.17, 15) is 13.2 Å². The number of nitrogens with zero attached hydrogens (tertiary/aromatic N) is 4. The molecule has 0 aliphatic carbocycles. The molecule has 3 heterocycles. The van der Waals surface area contributed by atoms with Crippen LogP contribution in [0, 0.1) is 5.92 Å². The number of hydrogen-bond donors (Lipinski definition) is 0. The highest BCUT2D eigenvalue weighted by molar-refractivity contribution is 9.10. The molecule has 7 nitrogen and oxygen atoms in total. The van der Waals surface area contributed by atoms with E-state index in [1.807, 2.05) is 30.3 Å². The molecule has 0 atom stereocenters. The average molecular weight is 606 g/mol. The van der Waals surface area contributed by atoms with E-state index in [0.29, 0.717) is 29.5 Å². The molecule has 1 aliphatic rings. The van der Waals surface area contributed by atoms with Gasteiger partial charge in [-0.1, -0.05) is 44.9 Å². The lowest BCUT2D eigenvalue weighted by Crippen LogP contribution is -2.44. The Labute approximate surface area is 226 Å². The van der Waals surface area contributed by atoms with Crippen LogP contribution in [0.15, 0.2) is 76.4 Å². The summed E-state index contributed by atoms with van der Waals surface area (Å²) >= 11 is 10.9. The SMILES string of the molecule is O=C(C1CCN(S(=O)(=O)c2ccc(Cl)cc2)CC1)N(Cc1cccnc1)c1nc2ccc(Br)cc2s1. The number of amides is 1. The number of fused-ring (bicyclic) bond motifs is 1. The van der Waals surface area contributed by atoms with Crippen molar-refractivity contribution in [2.75, 3.05) is 18.0 Å². The van der Waals surface area contributed by atoms with Gasteiger partial charge in [0.05, 0.1) is 21.7 Å². The van der Waals surface area contributed by atoms with Gasteiger partial charge in [0.15, 0.2) is 5.13 Å². The second-order valence-electron chi connectivity index (χ2n) is 8.53. The first kappa shape index (κ1) is 25.3. The van der Waals surface area contributed by atoms with E-state index in [-0.39, 0.29) is 29.8 Å². The lowest BCUT2D eigenvalue weighted by Gasteiger charge is -2.33. The monoisotopic (exact) mass is 604 g/mol. The van der Waals surface area contributed by atoms with Crippen molar-refractivity contribution in [3.8, 4) is 0 Å². The van der Waals surface area contributed by atoms with Crippen LogP contribution in [0.1, 0.15) is 18.4 Å². The van der Waals surface area contributed by atoms with Crippen LogP contribution in [0.25, 0.3) is 10.2 Å². The average Bonchev–Trinajstić information content (AvgIpc) is 3.31. The van der Waals surface area contributed by atoms with Crippen molar-refractivity contribution < 1.29 is 13.2 Å². The third-order valence-electron chi connectivity index (χ3n) is 6.15. The van der Waals surface area contributed by atoms with Crippen LogP contribution in [-0.2, 0) is 21.4 Å². The van der Waals surface area contributed by atoms with Crippen molar-refractivity contribution in [2.24, 2.45) is 5.92 Å². The molecule has 1 amide bonds. The smallest absolute Gasteiger partial charge is 0.243 e. The Balaban J connectivity index is 1.37. The van der Waals surface area contributed by atoms with Gasteiger partial charge in [-0.25, -0.2) is 13.4 Å². The Hall–Kier alpha value is -2.37. The van der Waals surface area contributed by atoms with Gasteiger partial charge in [-0.3, -0.25) is 14.7 Å². The normalized spacial score (nSPS) is 15.3. The van der Waals surface area contributed by atoms with E-state index in [1.54, 1.807) is 29.4 Å². The topological polar surface area (TPSA) is 83.5 Å². The molecule has 2 aromatic heterocycles. The maximum absolute atomic E-state index is 13.8. The molecular formula is C25H22BrClN4O3S2. The Morgan fingerprint density at radius 1 is 1.14 bits per heavy atom. The van der Waals surface area contributed by atoms with Gasteiger partial charge in [-0.2, -0.15) is 4.31 Å². The fourth-order valence-corrected chi connectivity index (χ4v) is 7.35. The number of rotatable bonds is 6. The summed E-state index contributed by atoms with van der Waals surface area (Å²) < 4.78 is 29.5. The lowest BCUT2D eigenvalue weighted by atomic mass is 9.96. The van der Waals surface area contributed by atoms with E-state index in [2.05, 4.69) is 20.9 Å². The summed E-state index contributed by atoms with van der Waals surface area (Å²) in [6.45, 7) is 0.890. The summed E-state index contributed by atoms with van der Waals surface area (Å²) in [7, 11) is -3.64. The molecule has 0 bridgehead atoms. The zero-order chi connectivity index (χ0) is 25.3. The maximum Gasteiger partial charge on any atom is 0.243 e. The first-order valence-corrected chi connectivity index (χ1v) is 14.8. The fraction of sp³-hybridized carbons (Fsp3) is 0.240. The number of sulfonamides is 1. The second-order valence-corrected chi connectivity index (χ2v) is 12.8. The van der Waals surface area contributed by atoms with Crippen molar-refractivity contribution in [1.29, 1.82) is 0 Å². The van der Waals surface area contributed by atoms with Crippen LogP contribution in [0.2, 0.25) is 5.02 Å². The highest BCUT2D eigenvalue weighted by atomic mass is 79.9. The van der Waals surface area contributed by atoms with Crippen LogP contribution in [0.3, 0.4) is 0 Å². The second kappa shape index (κ2) is 10.5. The summed E-state index contributed by atoms with van der Waals surface area (Å²) in [5.41, 5.74) is 1.72. The van der Waals surface area contributed by atoms with E-state index in [0.717, 1.165) is 20.3 Å². The molecule has 36 heavy (non-hydrogen) atoms. The minimum atomic E-state index is -3.64. The molecule has 11 heteroatoms. The summed E-state index contributed by atoms with van der Waals surface area (Å²) in [4.78, 5) is 24.6. The molecule has 0 radical (unpaired) electrons. The Morgan fingerprint density at radius 2 is 1.89 bits per heavy atom. The zero-order valence-electron chi connectivity index (χ0n) is 19.0. The van der Waals surface area contributed by atoms with Crippen LogP contribution < -0.4 is 4.90 Å². The number of piperidine rings is 1. The number of carbonyl (C=O) groups excluding carboxylic acids is 1. The van der Waals surface area contributed by atoms with Gasteiger partial charge >= 0.3 is 0 Å². The highest BCUT2D eigenvalue weighted by Crippen LogP contribution is 2.34. The standard InChI is InChI=1S/C25H22BrClN4O3S2/c26-19-3-8-22-23(14-19)35-25(29-22)31(16-17-2-1-11-28-15-17)24(32)18-9-12-30(13-10-18)36(33,34)21-6-4-20(27)5-7-21/h1-8,11,14-15,18H,9-10,12-13,16H2. The molecule has 1 aliphatic heterocycles. The van der Waals surface area contributed by atoms with Gasteiger partial charge in [-0.05, 0) is 66.9 Å². The van der Waals surface area contributed by atoms with E-state index in [4.69, 9.17) is 16.6 Å². The van der Waals surface area contributed by atoms with E-state index in [1.165, 1.54) is 27.8 Å². The largest absolute Gasteiger partial charge is 0.283 e. The van der Waals surface area contributed by atoms with Crippen molar-refractivity contribution >= 4 is 70.1 Å². The molecule has 186 valence electrons. The van der Waals surface area contributed by atoms with Gasteiger partial charge in [0, 0.05) is 40.9 Å². The molecule has 5 rings (SSSR count). The van der Waals surface area contributed by atoms with Crippen LogP contribution in [-0.4, -0.2) is 41.7 Å². The predicted molar refractivity (Wildman–Crippen MR) is 146 cm³/mol. The number of carbonyl (C=O) groups is 1. The zero-order valence-corrected chi connectivity index (χ0v) is 23.0. The van der Waals surface area contributed by atoms with Crippen molar-refractivity contribution in [2.45, 2.75) is 24.3 Å². The predicted octanol–water partition coefficient (Wildman–Crippen LogP) is 5.74. The van der Waals surface area contributed by atoms with Crippen LogP contribution >= 0.6 is 38.9 Å². The number of thiazole rings is 1. The van der Waals surface area contributed by atoms with Crippen molar-refractivity contribution in [3.05, 3.63) is 82.0 Å². The van der Waals surface area contributed by atoms with Gasteiger partial charge in [0.25, 0.3) is 0 Å².